The molecule has 1 saturated heterocycles. The van der Waals surface area contributed by atoms with Crippen molar-refractivity contribution in [2.24, 2.45) is 0 Å². The van der Waals surface area contributed by atoms with Gasteiger partial charge in [-0.3, -0.25) is 14.0 Å². The molecule has 0 bridgehead atoms. The summed E-state index contributed by atoms with van der Waals surface area (Å²) < 4.78 is 25.5. The summed E-state index contributed by atoms with van der Waals surface area (Å²) in [5.74, 6) is -0.787. The SMILES string of the molecule is N#C/C(=C\c1c(Oc2ccc(F)cc2)nc2ccccn2c1=O)C(=O)N1CCOCC1. The Morgan fingerprint density at radius 1 is 1.19 bits per heavy atom. The van der Waals surface area contributed by atoms with Crippen molar-refractivity contribution in [3.05, 3.63) is 76.0 Å². The predicted octanol–water partition coefficient (Wildman–Crippen LogP) is 2.39. The Bertz CT molecular complexity index is 1260. The molecule has 0 atom stereocenters. The fourth-order valence-electron chi connectivity index (χ4n) is 3.12. The first kappa shape index (κ1) is 20.3. The Morgan fingerprint density at radius 3 is 2.65 bits per heavy atom. The number of pyridine rings is 1. The highest BCUT2D eigenvalue weighted by molar-refractivity contribution is 6.02. The zero-order valence-electron chi connectivity index (χ0n) is 16.3. The Labute approximate surface area is 176 Å². The molecule has 1 aromatic carbocycles. The van der Waals surface area contributed by atoms with E-state index in [-0.39, 0.29) is 22.8 Å². The minimum atomic E-state index is -0.509. The smallest absolute Gasteiger partial charge is 0.269 e. The fraction of sp³-hybridized carbons (Fsp3) is 0.182. The van der Waals surface area contributed by atoms with E-state index < -0.39 is 17.3 Å². The molecular weight excluding hydrogens is 403 g/mol. The van der Waals surface area contributed by atoms with Gasteiger partial charge in [0.25, 0.3) is 11.5 Å². The van der Waals surface area contributed by atoms with Crippen molar-refractivity contribution in [3.8, 4) is 17.7 Å². The molecule has 2 aromatic heterocycles. The molecular formula is C22H17FN4O4. The van der Waals surface area contributed by atoms with E-state index in [0.29, 0.717) is 32.0 Å². The van der Waals surface area contributed by atoms with E-state index >= 15 is 0 Å². The monoisotopic (exact) mass is 420 g/mol. The van der Waals surface area contributed by atoms with Gasteiger partial charge in [0.15, 0.2) is 0 Å². The Morgan fingerprint density at radius 2 is 1.94 bits per heavy atom. The highest BCUT2D eigenvalue weighted by atomic mass is 19.1. The third kappa shape index (κ3) is 4.29. The lowest BCUT2D eigenvalue weighted by Gasteiger charge is -2.26. The first-order chi connectivity index (χ1) is 15.1. The van der Waals surface area contributed by atoms with Gasteiger partial charge >= 0.3 is 0 Å². The molecule has 1 aliphatic heterocycles. The molecule has 3 aromatic rings. The minimum Gasteiger partial charge on any atom is -0.438 e. The van der Waals surface area contributed by atoms with Crippen LogP contribution in [0.1, 0.15) is 5.56 Å². The molecule has 1 amide bonds. The number of aromatic nitrogens is 2. The van der Waals surface area contributed by atoms with Crippen LogP contribution in [0.5, 0.6) is 11.6 Å². The highest BCUT2D eigenvalue weighted by Crippen LogP contribution is 2.24. The Kier molecular flexibility index (Phi) is 5.73. The van der Waals surface area contributed by atoms with Crippen molar-refractivity contribution < 1.29 is 18.7 Å². The zero-order chi connectivity index (χ0) is 21.8. The average Bonchev–Trinajstić information content (AvgIpc) is 2.81. The van der Waals surface area contributed by atoms with Crippen LogP contribution in [0, 0.1) is 17.1 Å². The standard InChI is InChI=1S/C22H17FN4O4/c23-16-4-6-17(7-5-16)31-20-18(22(29)27-8-2-1-3-19(27)25-20)13-15(14-24)21(28)26-9-11-30-12-10-26/h1-8,13H,9-12H2/b15-13+. The maximum atomic E-state index is 13.2. The molecule has 1 fully saturated rings. The molecule has 0 radical (unpaired) electrons. The number of morpholine rings is 1. The number of hydrogen-bond acceptors (Lipinski definition) is 6. The number of carbonyl (C=O) groups is 1. The van der Waals surface area contributed by atoms with Crippen LogP contribution in [-0.4, -0.2) is 46.5 Å². The van der Waals surface area contributed by atoms with Crippen molar-refractivity contribution >= 4 is 17.6 Å². The van der Waals surface area contributed by atoms with Crippen molar-refractivity contribution in [3.63, 3.8) is 0 Å². The van der Waals surface area contributed by atoms with Crippen LogP contribution in [0.15, 0.2) is 59.0 Å². The summed E-state index contributed by atoms with van der Waals surface area (Å²) in [6.07, 6.45) is 2.71. The number of rotatable bonds is 4. The number of carbonyl (C=O) groups excluding carboxylic acids is 1. The summed E-state index contributed by atoms with van der Waals surface area (Å²) >= 11 is 0. The minimum absolute atomic E-state index is 0.0637. The second-order valence-electron chi connectivity index (χ2n) is 6.69. The van der Waals surface area contributed by atoms with E-state index in [1.807, 2.05) is 6.07 Å². The predicted molar refractivity (Wildman–Crippen MR) is 109 cm³/mol. The summed E-state index contributed by atoms with van der Waals surface area (Å²) in [4.78, 5) is 31.8. The fourth-order valence-corrected chi connectivity index (χ4v) is 3.12. The number of halogens is 1. The summed E-state index contributed by atoms with van der Waals surface area (Å²) in [5, 5.41) is 9.59. The number of nitrogens with zero attached hydrogens (tertiary/aromatic N) is 4. The Hall–Kier alpha value is -4.03. The van der Waals surface area contributed by atoms with Crippen LogP contribution >= 0.6 is 0 Å². The van der Waals surface area contributed by atoms with Gasteiger partial charge < -0.3 is 14.4 Å². The molecule has 0 spiro atoms. The number of nitriles is 1. The molecule has 156 valence electrons. The highest BCUT2D eigenvalue weighted by Gasteiger charge is 2.23. The van der Waals surface area contributed by atoms with Crippen molar-refractivity contribution in [1.29, 1.82) is 5.26 Å². The van der Waals surface area contributed by atoms with E-state index in [9.17, 15) is 19.2 Å². The molecule has 31 heavy (non-hydrogen) atoms. The lowest BCUT2D eigenvalue weighted by Crippen LogP contribution is -2.41. The first-order valence-corrected chi connectivity index (χ1v) is 9.50. The maximum Gasteiger partial charge on any atom is 0.269 e. The normalized spacial score (nSPS) is 14.3. The lowest BCUT2D eigenvalue weighted by atomic mass is 10.1. The quantitative estimate of drug-likeness (QED) is 0.475. The number of fused-ring (bicyclic) bond motifs is 1. The van der Waals surface area contributed by atoms with E-state index in [4.69, 9.17) is 9.47 Å². The average molecular weight is 420 g/mol. The molecule has 0 unspecified atom stereocenters. The molecule has 3 heterocycles. The van der Waals surface area contributed by atoms with E-state index in [0.717, 1.165) is 0 Å². The van der Waals surface area contributed by atoms with Gasteiger partial charge in [0, 0.05) is 19.3 Å². The summed E-state index contributed by atoms with van der Waals surface area (Å²) in [6.45, 7) is 1.46. The molecule has 1 aliphatic rings. The molecule has 0 aliphatic carbocycles. The van der Waals surface area contributed by atoms with Crippen molar-refractivity contribution in [2.45, 2.75) is 0 Å². The van der Waals surface area contributed by atoms with Gasteiger partial charge in [-0.05, 0) is 42.5 Å². The summed E-state index contributed by atoms with van der Waals surface area (Å²) in [7, 11) is 0. The van der Waals surface area contributed by atoms with Crippen LogP contribution in [0.4, 0.5) is 4.39 Å². The molecule has 0 N–H and O–H groups in total. The second-order valence-corrected chi connectivity index (χ2v) is 6.69. The van der Waals surface area contributed by atoms with Gasteiger partial charge in [-0.25, -0.2) is 4.39 Å². The molecule has 0 saturated carbocycles. The third-order valence-electron chi connectivity index (χ3n) is 4.70. The molecule has 8 nitrogen and oxygen atoms in total. The summed E-state index contributed by atoms with van der Waals surface area (Å²) in [5.41, 5.74) is -0.475. The van der Waals surface area contributed by atoms with Crippen LogP contribution in [0.25, 0.3) is 11.7 Å². The van der Waals surface area contributed by atoms with Crippen molar-refractivity contribution in [1.82, 2.24) is 14.3 Å². The molecule has 9 heteroatoms. The number of ether oxygens (including phenoxy) is 2. The van der Waals surface area contributed by atoms with Gasteiger partial charge in [-0.15, -0.1) is 0 Å². The number of benzene rings is 1. The van der Waals surface area contributed by atoms with Crippen molar-refractivity contribution in [2.75, 3.05) is 26.3 Å². The van der Waals surface area contributed by atoms with Gasteiger partial charge in [0.05, 0.1) is 13.2 Å². The molecule has 4 rings (SSSR count). The topological polar surface area (TPSA) is 96.9 Å². The van der Waals surface area contributed by atoms with Crippen LogP contribution in [-0.2, 0) is 9.53 Å². The lowest BCUT2D eigenvalue weighted by molar-refractivity contribution is -0.130. The van der Waals surface area contributed by atoms with E-state index in [1.165, 1.54) is 45.8 Å². The Balaban J connectivity index is 1.82. The van der Waals surface area contributed by atoms with Gasteiger partial charge in [-0.1, -0.05) is 6.07 Å². The van der Waals surface area contributed by atoms with Crippen LogP contribution in [0.2, 0.25) is 0 Å². The summed E-state index contributed by atoms with van der Waals surface area (Å²) in [6, 6.07) is 12.1. The van der Waals surface area contributed by atoms with Crippen LogP contribution in [0.3, 0.4) is 0 Å². The van der Waals surface area contributed by atoms with E-state index in [2.05, 4.69) is 4.98 Å². The largest absolute Gasteiger partial charge is 0.438 e. The van der Waals surface area contributed by atoms with Gasteiger partial charge in [0.1, 0.15) is 34.4 Å². The maximum absolute atomic E-state index is 13.2. The van der Waals surface area contributed by atoms with Crippen LogP contribution < -0.4 is 10.3 Å². The zero-order valence-corrected chi connectivity index (χ0v) is 16.3. The first-order valence-electron chi connectivity index (χ1n) is 9.50. The van der Waals surface area contributed by atoms with Gasteiger partial charge in [0.2, 0.25) is 5.88 Å². The third-order valence-corrected chi connectivity index (χ3v) is 4.70. The second kappa shape index (κ2) is 8.77. The number of hydrogen-bond donors (Lipinski definition) is 0. The van der Waals surface area contributed by atoms with E-state index in [1.54, 1.807) is 18.2 Å². The number of amides is 1. The van der Waals surface area contributed by atoms with Gasteiger partial charge in [-0.2, -0.15) is 10.2 Å².